The van der Waals surface area contributed by atoms with E-state index in [0.717, 1.165) is 38.9 Å². The van der Waals surface area contributed by atoms with Crippen molar-refractivity contribution in [2.45, 2.75) is 191 Å². The Bertz CT molecular complexity index is 3480. The van der Waals surface area contributed by atoms with Gasteiger partial charge in [-0.3, -0.25) is 9.59 Å². The molecule has 0 amide bonds. The highest BCUT2D eigenvalue weighted by Crippen LogP contribution is 2.41. The van der Waals surface area contributed by atoms with Gasteiger partial charge in [-0.2, -0.15) is 0 Å². The second-order valence-corrected chi connectivity index (χ2v) is 25.9. The minimum atomic E-state index is -1.75. The maximum atomic E-state index is 13.8. The Morgan fingerprint density at radius 2 is 0.620 bits per heavy atom. The Morgan fingerprint density at radius 1 is 0.330 bits per heavy atom. The van der Waals surface area contributed by atoms with Gasteiger partial charge in [0.15, 0.2) is 31.1 Å². The van der Waals surface area contributed by atoms with E-state index in [1.165, 1.54) is 13.8 Å². The van der Waals surface area contributed by atoms with Crippen molar-refractivity contribution < 1.29 is 95.6 Å². The largest absolute Gasteiger partial charge is 0.454 e. The molecule has 534 valence electrons. The van der Waals surface area contributed by atoms with E-state index in [0.29, 0.717) is 13.2 Å². The van der Waals surface area contributed by atoms with Crippen molar-refractivity contribution in [2.75, 3.05) is 26.4 Å². The van der Waals surface area contributed by atoms with Gasteiger partial charge in [0.1, 0.15) is 61.0 Å². The first-order valence-electron chi connectivity index (χ1n) is 34.5. The molecule has 4 aliphatic rings. The summed E-state index contributed by atoms with van der Waals surface area (Å²) in [5, 5.41) is 23.9. The van der Waals surface area contributed by atoms with Crippen LogP contribution in [0.2, 0.25) is 0 Å². The van der Waals surface area contributed by atoms with E-state index in [1.807, 2.05) is 226 Å². The standard InChI is InChI=1S/C80H94O20/c1-52-54(3)92-66(50-86-43-58-29-15-7-16-30-58)72(69(52)88-45-60-33-19-9-20-34-60)98-78-53(2)70(89-46-61-35-21-10-22-36-61)73(67(96-78)51-87-44-59-31-17-8-18-32-59)99-79-76(93-55(4)82)74(68(84)64(41-81)95-79)100-80-77(94-56(5)83)75(91-48-63-39-25-12-26-40-63)71(90-47-62-37-23-11-24-38-62)65(97-80)49-85-42-57-27-13-6-14-28-57/h6-40,52-54,64-81,84H,41-51H2,1-5H3. The molecule has 4 heterocycles. The van der Waals surface area contributed by atoms with Crippen LogP contribution in [0.3, 0.4) is 0 Å². The van der Waals surface area contributed by atoms with E-state index >= 15 is 0 Å². The first kappa shape index (κ1) is 74.0. The highest BCUT2D eigenvalue weighted by molar-refractivity contribution is 5.66. The topological polar surface area (TPSA) is 222 Å². The molecule has 0 aromatic heterocycles. The van der Waals surface area contributed by atoms with Crippen LogP contribution in [0.5, 0.6) is 0 Å². The van der Waals surface area contributed by atoms with Crippen molar-refractivity contribution in [2.24, 2.45) is 11.8 Å². The van der Waals surface area contributed by atoms with Gasteiger partial charge >= 0.3 is 11.9 Å². The molecule has 7 aromatic carbocycles. The van der Waals surface area contributed by atoms with E-state index in [-0.39, 0.29) is 64.9 Å². The number of hydrogen-bond donors (Lipinski definition) is 2. The molecule has 20 atom stereocenters. The number of carbonyl (C=O) groups is 2. The summed E-state index contributed by atoms with van der Waals surface area (Å²) in [6.07, 6.45) is -20.7. The number of benzene rings is 7. The van der Waals surface area contributed by atoms with Crippen molar-refractivity contribution in [3.63, 3.8) is 0 Å². The first-order valence-corrected chi connectivity index (χ1v) is 34.5. The number of esters is 2. The number of hydrogen-bond acceptors (Lipinski definition) is 20. The van der Waals surface area contributed by atoms with Crippen molar-refractivity contribution in [3.8, 4) is 0 Å². The molecule has 0 aliphatic carbocycles. The van der Waals surface area contributed by atoms with Crippen molar-refractivity contribution in [1.82, 2.24) is 0 Å². The second-order valence-electron chi connectivity index (χ2n) is 25.9. The van der Waals surface area contributed by atoms with Gasteiger partial charge in [-0.05, 0) is 45.9 Å². The fourth-order valence-corrected chi connectivity index (χ4v) is 13.1. The smallest absolute Gasteiger partial charge is 0.303 e. The van der Waals surface area contributed by atoms with E-state index < -0.39 is 129 Å². The molecule has 0 radical (unpaired) electrons. The van der Waals surface area contributed by atoms with Crippen molar-refractivity contribution in [3.05, 3.63) is 251 Å². The lowest BCUT2D eigenvalue weighted by Gasteiger charge is -2.51. The lowest BCUT2D eigenvalue weighted by atomic mass is 9.87. The summed E-state index contributed by atoms with van der Waals surface area (Å²) in [6, 6.07) is 67.9. The van der Waals surface area contributed by atoms with Crippen molar-refractivity contribution >= 4 is 11.9 Å². The van der Waals surface area contributed by atoms with Crippen LogP contribution in [0, 0.1) is 11.8 Å². The number of carbonyl (C=O) groups excluding carboxylic acids is 2. The Balaban J connectivity index is 0.945. The third kappa shape index (κ3) is 20.6. The average Bonchev–Trinajstić information content (AvgIpc) is 0.768. The lowest BCUT2D eigenvalue weighted by molar-refractivity contribution is -0.387. The zero-order chi connectivity index (χ0) is 69.6. The maximum Gasteiger partial charge on any atom is 0.303 e. The number of aliphatic hydroxyl groups is 2. The van der Waals surface area contributed by atoms with Gasteiger partial charge in [-0.15, -0.1) is 0 Å². The van der Waals surface area contributed by atoms with Gasteiger partial charge in [-0.1, -0.05) is 226 Å². The zero-order valence-corrected chi connectivity index (χ0v) is 57.3. The van der Waals surface area contributed by atoms with Gasteiger partial charge in [-0.25, -0.2) is 0 Å². The lowest BCUT2D eigenvalue weighted by Crippen LogP contribution is -2.68. The summed E-state index contributed by atoms with van der Waals surface area (Å²) in [4.78, 5) is 27.3. The molecular formula is C80H94O20. The molecule has 2 N–H and O–H groups in total. The highest BCUT2D eigenvalue weighted by Gasteiger charge is 2.58. The number of aliphatic hydroxyl groups excluding tert-OH is 2. The normalized spacial score (nSPS) is 29.9. The molecule has 20 unspecified atom stereocenters. The predicted octanol–water partition coefficient (Wildman–Crippen LogP) is 10.6. The first-order chi connectivity index (χ1) is 48.8. The molecule has 11 rings (SSSR count). The predicted molar refractivity (Wildman–Crippen MR) is 366 cm³/mol. The average molecular weight is 1380 g/mol. The van der Waals surface area contributed by atoms with E-state index in [1.54, 1.807) is 0 Å². The van der Waals surface area contributed by atoms with Crippen LogP contribution in [0.1, 0.15) is 73.6 Å². The summed E-state index contributed by atoms with van der Waals surface area (Å²) in [7, 11) is 0. The minimum absolute atomic E-state index is 0.0356. The van der Waals surface area contributed by atoms with Gasteiger partial charge in [0.2, 0.25) is 0 Å². The van der Waals surface area contributed by atoms with Gasteiger partial charge in [0, 0.05) is 25.7 Å². The van der Waals surface area contributed by atoms with Gasteiger partial charge in [0.25, 0.3) is 0 Å². The van der Waals surface area contributed by atoms with Crippen LogP contribution in [0.4, 0.5) is 0 Å². The fraction of sp³-hybridized carbons (Fsp3) is 0.450. The third-order valence-corrected chi connectivity index (χ3v) is 18.5. The molecule has 0 bridgehead atoms. The van der Waals surface area contributed by atoms with E-state index in [9.17, 15) is 19.8 Å². The highest BCUT2D eigenvalue weighted by atomic mass is 16.8. The fourth-order valence-electron chi connectivity index (χ4n) is 13.1. The second kappa shape index (κ2) is 37.7. The van der Waals surface area contributed by atoms with Gasteiger partial charge in [0.05, 0.1) is 91.0 Å². The summed E-state index contributed by atoms with van der Waals surface area (Å²) in [6.45, 7) is 8.93. The van der Waals surface area contributed by atoms with Crippen LogP contribution in [0.15, 0.2) is 212 Å². The Labute approximate surface area is 585 Å². The quantitative estimate of drug-likeness (QED) is 0.0365. The molecule has 4 saturated heterocycles. The Morgan fingerprint density at radius 3 is 1.00 bits per heavy atom. The Kier molecular flexibility index (Phi) is 27.9. The van der Waals surface area contributed by atoms with Crippen LogP contribution in [-0.2, 0) is 132 Å². The third-order valence-electron chi connectivity index (χ3n) is 18.5. The summed E-state index contributed by atoms with van der Waals surface area (Å²) in [5.74, 6) is -2.36. The van der Waals surface area contributed by atoms with Crippen LogP contribution in [-0.4, -0.2) is 159 Å². The molecule has 0 saturated carbocycles. The summed E-state index contributed by atoms with van der Waals surface area (Å²) >= 11 is 0. The molecule has 20 nitrogen and oxygen atoms in total. The zero-order valence-electron chi connectivity index (χ0n) is 57.3. The molecular weight excluding hydrogens is 1280 g/mol. The molecule has 4 aliphatic heterocycles. The van der Waals surface area contributed by atoms with E-state index in [4.69, 9.17) is 75.8 Å². The summed E-state index contributed by atoms with van der Waals surface area (Å²) < 4.78 is 109. The molecule has 20 heteroatoms. The SMILES string of the molecule is CC(=O)OC1C(OC2C(COCc3ccccc3)OC(OC3C(COCc4ccccc4)OC(C)C(C)C3OCc3ccccc3)C(C)C2OCc2ccccc2)OC(CO)C(O)C1OC1OC(COCc2ccccc2)C(OCc2ccccc2)C(OCc2ccccc2)C1OC(C)=O. The van der Waals surface area contributed by atoms with Crippen molar-refractivity contribution in [1.29, 1.82) is 0 Å². The number of ether oxygens (including phenoxy) is 16. The maximum absolute atomic E-state index is 13.8. The summed E-state index contributed by atoms with van der Waals surface area (Å²) in [5.41, 5.74) is 6.27. The van der Waals surface area contributed by atoms with Crippen LogP contribution < -0.4 is 0 Å². The Hall–Kier alpha value is -7.16. The van der Waals surface area contributed by atoms with Crippen LogP contribution in [0.25, 0.3) is 0 Å². The number of rotatable bonds is 33. The van der Waals surface area contributed by atoms with Gasteiger partial charge < -0.3 is 86.0 Å². The van der Waals surface area contributed by atoms with Crippen LogP contribution >= 0.6 is 0 Å². The van der Waals surface area contributed by atoms with E-state index in [2.05, 4.69) is 6.92 Å². The molecule has 4 fully saturated rings. The monoisotopic (exact) mass is 1370 g/mol. The minimum Gasteiger partial charge on any atom is -0.454 e. The molecule has 7 aromatic rings. The molecule has 0 spiro atoms. The molecule has 100 heavy (non-hydrogen) atoms.